The molecule has 0 spiro atoms. The van der Waals surface area contributed by atoms with Crippen molar-refractivity contribution in [3.63, 3.8) is 0 Å². The molecule has 0 amide bonds. The molecule has 1 N–H and O–H groups in total. The van der Waals surface area contributed by atoms with Crippen LogP contribution in [0.2, 0.25) is 0 Å². The largest absolute Gasteiger partial charge is 0.491 e. The molecule has 26 heavy (non-hydrogen) atoms. The van der Waals surface area contributed by atoms with Crippen molar-refractivity contribution >= 4 is 0 Å². The second kappa shape index (κ2) is 9.22. The lowest BCUT2D eigenvalue weighted by atomic mass is 10.2. The molecule has 0 aliphatic heterocycles. The number of para-hydroxylation sites is 1. The number of nitrogens with zero attached hydrogens (tertiary/aromatic N) is 1. The summed E-state index contributed by atoms with van der Waals surface area (Å²) >= 11 is 0. The smallest absolute Gasteiger partial charge is 0.119 e. The van der Waals surface area contributed by atoms with E-state index in [4.69, 9.17) is 9.15 Å². The highest BCUT2D eigenvalue weighted by molar-refractivity contribution is 5.21. The summed E-state index contributed by atoms with van der Waals surface area (Å²) < 4.78 is 11.4. The molecule has 4 heteroatoms. The third-order valence-corrected chi connectivity index (χ3v) is 4.08. The summed E-state index contributed by atoms with van der Waals surface area (Å²) in [6.45, 7) is 4.08. The minimum atomic E-state index is -0.588. The molecule has 0 unspecified atom stereocenters. The Morgan fingerprint density at radius 2 is 1.62 bits per heavy atom. The first-order chi connectivity index (χ1) is 12.7. The fourth-order valence-electron chi connectivity index (χ4n) is 2.88. The second-order valence-corrected chi connectivity index (χ2v) is 6.45. The van der Waals surface area contributed by atoms with Crippen LogP contribution in [0.1, 0.15) is 17.1 Å². The molecule has 0 aliphatic carbocycles. The normalized spacial score (nSPS) is 12.3. The number of hydrogen-bond donors (Lipinski definition) is 1. The quantitative estimate of drug-likeness (QED) is 0.632. The molecule has 0 bridgehead atoms. The van der Waals surface area contributed by atoms with E-state index in [0.717, 1.165) is 23.8 Å². The zero-order chi connectivity index (χ0) is 18.2. The Labute approximate surface area is 154 Å². The summed E-state index contributed by atoms with van der Waals surface area (Å²) in [6.07, 6.45) is -0.588. The van der Waals surface area contributed by atoms with Gasteiger partial charge in [0.25, 0.3) is 0 Å². The fourth-order valence-corrected chi connectivity index (χ4v) is 2.88. The van der Waals surface area contributed by atoms with E-state index in [1.165, 1.54) is 5.56 Å². The van der Waals surface area contributed by atoms with E-state index in [0.29, 0.717) is 13.1 Å². The van der Waals surface area contributed by atoms with Crippen LogP contribution in [0.4, 0.5) is 0 Å². The van der Waals surface area contributed by atoms with Crippen molar-refractivity contribution in [2.24, 2.45) is 0 Å². The van der Waals surface area contributed by atoms with Gasteiger partial charge in [-0.1, -0.05) is 48.5 Å². The monoisotopic (exact) mass is 351 g/mol. The fraction of sp³-hybridized carbons (Fsp3) is 0.273. The van der Waals surface area contributed by atoms with Gasteiger partial charge >= 0.3 is 0 Å². The average Bonchev–Trinajstić information content (AvgIpc) is 3.06. The molecule has 1 heterocycles. The molecular weight excluding hydrogens is 326 g/mol. The molecule has 0 saturated carbocycles. The van der Waals surface area contributed by atoms with E-state index in [1.54, 1.807) is 0 Å². The maximum atomic E-state index is 10.4. The van der Waals surface area contributed by atoms with Gasteiger partial charge in [0.1, 0.15) is 30.0 Å². The summed E-state index contributed by atoms with van der Waals surface area (Å²) in [5.41, 5.74) is 1.20. The van der Waals surface area contributed by atoms with Crippen LogP contribution in [0.3, 0.4) is 0 Å². The van der Waals surface area contributed by atoms with Crippen molar-refractivity contribution in [2.45, 2.75) is 26.1 Å². The molecule has 2 aromatic carbocycles. The summed E-state index contributed by atoms with van der Waals surface area (Å²) in [7, 11) is 0. The zero-order valence-corrected chi connectivity index (χ0v) is 15.0. The first-order valence-corrected chi connectivity index (χ1v) is 8.86. The number of furan rings is 1. The van der Waals surface area contributed by atoms with E-state index in [-0.39, 0.29) is 6.61 Å². The molecule has 3 rings (SSSR count). The van der Waals surface area contributed by atoms with Gasteiger partial charge in [-0.2, -0.15) is 0 Å². The molecule has 0 fully saturated rings. The molecule has 0 saturated heterocycles. The third-order valence-electron chi connectivity index (χ3n) is 4.08. The van der Waals surface area contributed by atoms with Crippen LogP contribution in [0.25, 0.3) is 0 Å². The van der Waals surface area contributed by atoms with Gasteiger partial charge in [0.05, 0.1) is 6.54 Å². The van der Waals surface area contributed by atoms with E-state index in [2.05, 4.69) is 17.0 Å². The number of aryl methyl sites for hydroxylation is 1. The third kappa shape index (κ3) is 5.76. The molecular formula is C22H25NO3. The Kier molecular flexibility index (Phi) is 6.47. The van der Waals surface area contributed by atoms with Crippen LogP contribution < -0.4 is 4.74 Å². The van der Waals surface area contributed by atoms with Gasteiger partial charge in [0.2, 0.25) is 0 Å². The van der Waals surface area contributed by atoms with Crippen molar-refractivity contribution in [3.05, 3.63) is 89.9 Å². The van der Waals surface area contributed by atoms with Gasteiger partial charge in [-0.3, -0.25) is 4.90 Å². The predicted molar refractivity (Wildman–Crippen MR) is 102 cm³/mol. The van der Waals surface area contributed by atoms with Gasteiger partial charge in [-0.15, -0.1) is 0 Å². The maximum absolute atomic E-state index is 10.4. The molecule has 1 aromatic heterocycles. The summed E-state index contributed by atoms with van der Waals surface area (Å²) in [4.78, 5) is 2.17. The number of benzene rings is 2. The molecule has 3 aromatic rings. The second-order valence-electron chi connectivity index (χ2n) is 6.45. The minimum absolute atomic E-state index is 0.256. The van der Waals surface area contributed by atoms with Crippen LogP contribution in [-0.4, -0.2) is 29.3 Å². The van der Waals surface area contributed by atoms with Crippen LogP contribution >= 0.6 is 0 Å². The Morgan fingerprint density at radius 3 is 2.27 bits per heavy atom. The van der Waals surface area contributed by atoms with Gasteiger partial charge in [-0.05, 0) is 36.8 Å². The highest BCUT2D eigenvalue weighted by Crippen LogP contribution is 2.14. The minimum Gasteiger partial charge on any atom is -0.491 e. The van der Waals surface area contributed by atoms with Crippen LogP contribution in [0, 0.1) is 6.92 Å². The Morgan fingerprint density at radius 1 is 0.923 bits per heavy atom. The summed E-state index contributed by atoms with van der Waals surface area (Å²) in [5, 5.41) is 10.4. The lowest BCUT2D eigenvalue weighted by Crippen LogP contribution is -2.35. The number of hydrogen-bond acceptors (Lipinski definition) is 4. The Hall–Kier alpha value is -2.56. The maximum Gasteiger partial charge on any atom is 0.119 e. The van der Waals surface area contributed by atoms with Crippen molar-refractivity contribution in [1.29, 1.82) is 0 Å². The van der Waals surface area contributed by atoms with Gasteiger partial charge < -0.3 is 14.3 Å². The number of aliphatic hydroxyl groups is 1. The van der Waals surface area contributed by atoms with Crippen molar-refractivity contribution in [2.75, 3.05) is 13.2 Å². The first kappa shape index (κ1) is 18.2. The van der Waals surface area contributed by atoms with Gasteiger partial charge in [0.15, 0.2) is 0 Å². The van der Waals surface area contributed by atoms with Gasteiger partial charge in [-0.25, -0.2) is 0 Å². The van der Waals surface area contributed by atoms with Crippen molar-refractivity contribution in [3.8, 4) is 5.75 Å². The topological polar surface area (TPSA) is 45.8 Å². The highest BCUT2D eigenvalue weighted by atomic mass is 16.5. The molecule has 1 atom stereocenters. The van der Waals surface area contributed by atoms with E-state index in [1.807, 2.05) is 67.6 Å². The highest BCUT2D eigenvalue weighted by Gasteiger charge is 2.15. The molecule has 136 valence electrons. The summed E-state index contributed by atoms with van der Waals surface area (Å²) in [5.74, 6) is 2.56. The van der Waals surface area contributed by atoms with Crippen LogP contribution in [-0.2, 0) is 13.1 Å². The van der Waals surface area contributed by atoms with Gasteiger partial charge in [0, 0.05) is 13.1 Å². The number of ether oxygens (including phenoxy) is 1. The zero-order valence-electron chi connectivity index (χ0n) is 15.0. The molecule has 4 nitrogen and oxygen atoms in total. The van der Waals surface area contributed by atoms with E-state index >= 15 is 0 Å². The SMILES string of the molecule is Cc1ccc(CN(Cc2ccccc2)C[C@@H](O)COc2ccccc2)o1. The van der Waals surface area contributed by atoms with Crippen molar-refractivity contribution < 1.29 is 14.3 Å². The summed E-state index contributed by atoms with van der Waals surface area (Å²) in [6, 6.07) is 23.7. The van der Waals surface area contributed by atoms with Crippen molar-refractivity contribution in [1.82, 2.24) is 4.90 Å². The molecule has 0 aliphatic rings. The first-order valence-electron chi connectivity index (χ1n) is 8.86. The Balaban J connectivity index is 1.60. The average molecular weight is 351 g/mol. The van der Waals surface area contributed by atoms with E-state index < -0.39 is 6.10 Å². The van der Waals surface area contributed by atoms with Crippen LogP contribution in [0.5, 0.6) is 5.75 Å². The van der Waals surface area contributed by atoms with Crippen LogP contribution in [0.15, 0.2) is 77.2 Å². The standard InChI is InChI=1S/C22H25NO3/c1-18-12-13-22(26-18)16-23(14-19-8-4-2-5-9-19)15-20(24)17-25-21-10-6-3-7-11-21/h2-13,20,24H,14-17H2,1H3/t20-/m1/s1. The predicted octanol–water partition coefficient (Wildman–Crippen LogP) is 4.03. The Bertz CT molecular complexity index is 770. The lowest BCUT2D eigenvalue weighted by Gasteiger charge is -2.24. The molecule has 0 radical (unpaired) electrons. The lowest BCUT2D eigenvalue weighted by molar-refractivity contribution is 0.0604. The van der Waals surface area contributed by atoms with E-state index in [9.17, 15) is 5.11 Å². The number of rotatable bonds is 9. The number of aliphatic hydroxyl groups excluding tert-OH is 1.